The van der Waals surface area contributed by atoms with E-state index in [0.29, 0.717) is 23.5 Å². The third-order valence-corrected chi connectivity index (χ3v) is 8.91. The van der Waals surface area contributed by atoms with Crippen LogP contribution < -0.4 is 0 Å². The third-order valence-electron chi connectivity index (χ3n) is 8.04. The summed E-state index contributed by atoms with van der Waals surface area (Å²) in [5.74, 6) is 2.26. The molecule has 0 heterocycles. The third kappa shape index (κ3) is 2.85. The van der Waals surface area contributed by atoms with Crippen molar-refractivity contribution in [3.8, 4) is 0 Å². The lowest BCUT2D eigenvalue weighted by Gasteiger charge is -2.56. The van der Waals surface area contributed by atoms with E-state index in [4.69, 9.17) is 4.18 Å². The van der Waals surface area contributed by atoms with E-state index in [1.807, 2.05) is 0 Å². The first-order chi connectivity index (χ1) is 11.6. The van der Waals surface area contributed by atoms with Gasteiger partial charge < -0.3 is 0 Å². The molecule has 25 heavy (non-hydrogen) atoms. The molecule has 7 atom stereocenters. The summed E-state index contributed by atoms with van der Waals surface area (Å²) in [6, 6.07) is 0. The molecule has 6 heteroatoms. The Hall–Kier alpha value is -0.250. The molecule has 4 nitrogen and oxygen atoms in total. The van der Waals surface area contributed by atoms with E-state index in [1.165, 1.54) is 5.57 Å². The summed E-state index contributed by atoms with van der Waals surface area (Å²) in [6.07, 6.45) is 9.68. The zero-order valence-electron chi connectivity index (χ0n) is 15.2. The van der Waals surface area contributed by atoms with Crippen molar-refractivity contribution in [2.24, 2.45) is 28.6 Å². The molecule has 140 valence electrons. The molecule has 0 spiro atoms. The summed E-state index contributed by atoms with van der Waals surface area (Å²) in [6.45, 7) is 4.58. The quantitative estimate of drug-likeness (QED) is 0.533. The molecular weight excluding hydrogens is 355 g/mol. The summed E-state index contributed by atoms with van der Waals surface area (Å²) >= 11 is 0. The molecule has 3 saturated carbocycles. The first-order valence-corrected chi connectivity index (χ1v) is 12.5. The largest absolute Gasteiger partial charge is 0.299 e. The van der Waals surface area contributed by atoms with Gasteiger partial charge in [0.25, 0.3) is 9.74 Å². The van der Waals surface area contributed by atoms with E-state index in [9.17, 15) is 13.2 Å². The minimum atomic E-state index is -3.48. The number of allylic oxidation sites excluding steroid dienone is 1. The Balaban J connectivity index is 1.59. The van der Waals surface area contributed by atoms with Crippen LogP contribution in [0.3, 0.4) is 0 Å². The van der Waals surface area contributed by atoms with Gasteiger partial charge in [0.05, 0.1) is 6.10 Å². The average Bonchev–Trinajstić information content (AvgIpc) is 2.82. The van der Waals surface area contributed by atoms with Gasteiger partial charge in [-0.3, -0.25) is 8.98 Å². The minimum absolute atomic E-state index is 0.0866. The maximum Gasteiger partial charge on any atom is 0.277 e. The molecule has 4 rings (SSSR count). The van der Waals surface area contributed by atoms with Crippen molar-refractivity contribution in [1.29, 1.82) is 0 Å². The maximum atomic E-state index is 12.5. The molecule has 0 saturated heterocycles. The highest BCUT2D eigenvalue weighted by molar-refractivity contribution is 8.34. The van der Waals surface area contributed by atoms with Gasteiger partial charge in [0.15, 0.2) is 0 Å². The fourth-order valence-electron chi connectivity index (χ4n) is 6.67. The molecule has 0 radical (unpaired) electrons. The van der Waals surface area contributed by atoms with Crippen LogP contribution in [0.15, 0.2) is 11.6 Å². The van der Waals surface area contributed by atoms with Crippen LogP contribution in [0.2, 0.25) is 0 Å². The van der Waals surface area contributed by atoms with Crippen molar-refractivity contribution in [3.63, 3.8) is 0 Å². The van der Waals surface area contributed by atoms with Crippen molar-refractivity contribution in [2.45, 2.75) is 71.3 Å². The van der Waals surface area contributed by atoms with Crippen molar-refractivity contribution < 1.29 is 17.4 Å². The Bertz CT molecular complexity index is 730. The van der Waals surface area contributed by atoms with Crippen molar-refractivity contribution in [1.82, 2.24) is 0 Å². The number of carbonyl (C=O) groups excluding carboxylic acids is 1. The second kappa shape index (κ2) is 5.87. The second-order valence-electron chi connectivity index (χ2n) is 9.13. The molecule has 0 aliphatic heterocycles. The molecule has 0 amide bonds. The average molecular weight is 384 g/mol. The fourth-order valence-corrected chi connectivity index (χ4v) is 7.69. The normalized spacial score (nSPS) is 46.8. The van der Waals surface area contributed by atoms with Crippen LogP contribution in [0.1, 0.15) is 65.2 Å². The Kier molecular flexibility index (Phi) is 4.26. The van der Waals surface area contributed by atoms with E-state index in [-0.39, 0.29) is 16.9 Å². The van der Waals surface area contributed by atoms with Crippen molar-refractivity contribution >= 4 is 24.0 Å². The molecule has 0 aromatic rings. The van der Waals surface area contributed by atoms with Gasteiger partial charge in [-0.05, 0) is 68.1 Å². The lowest BCUT2D eigenvalue weighted by atomic mass is 9.48. The Morgan fingerprint density at radius 1 is 1.12 bits per heavy atom. The summed E-state index contributed by atoms with van der Waals surface area (Å²) in [7, 11) is -1.68. The minimum Gasteiger partial charge on any atom is -0.299 e. The Morgan fingerprint density at radius 3 is 2.52 bits per heavy atom. The van der Waals surface area contributed by atoms with Crippen molar-refractivity contribution in [2.75, 3.05) is 0 Å². The van der Waals surface area contributed by atoms with Crippen LogP contribution in [0.4, 0.5) is 0 Å². The van der Waals surface area contributed by atoms with Gasteiger partial charge in [0, 0.05) is 20.3 Å². The van der Waals surface area contributed by atoms with Gasteiger partial charge in [-0.2, -0.15) is 8.42 Å². The smallest absolute Gasteiger partial charge is 0.277 e. The SMILES string of the molecule is C[C@]12CC[C@H](OS(=O)(=O)P)CC1=CC[C@@H]1[C@@H]2CC[C@]2(C)C(=O)CC[C@@H]12. The lowest BCUT2D eigenvalue weighted by molar-refractivity contribution is -0.131. The summed E-state index contributed by atoms with van der Waals surface area (Å²) in [5.41, 5.74) is 1.46. The van der Waals surface area contributed by atoms with E-state index < -0.39 is 9.74 Å². The topological polar surface area (TPSA) is 60.4 Å². The van der Waals surface area contributed by atoms with Gasteiger partial charge in [-0.15, -0.1) is 0 Å². The number of fused-ring (bicyclic) bond motifs is 5. The predicted octanol–water partition coefficient (Wildman–Crippen LogP) is 4.02. The second-order valence-corrected chi connectivity index (χ2v) is 12.0. The molecular formula is C19H29O4PS. The molecule has 0 aromatic carbocycles. The number of carbonyl (C=O) groups is 1. The van der Waals surface area contributed by atoms with Crippen LogP contribution in [0.5, 0.6) is 0 Å². The first kappa shape index (κ1) is 18.1. The number of hydrogen-bond donors (Lipinski definition) is 0. The molecule has 1 unspecified atom stereocenters. The highest BCUT2D eigenvalue weighted by Gasteiger charge is 2.58. The van der Waals surface area contributed by atoms with Crippen LogP contribution in [0.25, 0.3) is 0 Å². The van der Waals surface area contributed by atoms with E-state index in [0.717, 1.165) is 51.4 Å². The molecule has 4 aliphatic rings. The predicted molar refractivity (Wildman–Crippen MR) is 100 cm³/mol. The number of hydrogen-bond acceptors (Lipinski definition) is 4. The van der Waals surface area contributed by atoms with Gasteiger partial charge in [0.1, 0.15) is 5.78 Å². The zero-order valence-corrected chi connectivity index (χ0v) is 17.1. The Morgan fingerprint density at radius 2 is 1.80 bits per heavy atom. The summed E-state index contributed by atoms with van der Waals surface area (Å²) in [4.78, 5) is 12.5. The molecule has 3 fully saturated rings. The van der Waals surface area contributed by atoms with Gasteiger partial charge >= 0.3 is 0 Å². The van der Waals surface area contributed by atoms with Gasteiger partial charge in [-0.1, -0.05) is 25.5 Å². The maximum absolute atomic E-state index is 12.5. The van der Waals surface area contributed by atoms with Crippen LogP contribution >= 0.6 is 8.44 Å². The molecule has 0 aromatic heterocycles. The van der Waals surface area contributed by atoms with Gasteiger partial charge in [-0.25, -0.2) is 0 Å². The monoisotopic (exact) mass is 384 g/mol. The first-order valence-electron chi connectivity index (χ1n) is 9.57. The fraction of sp³-hybridized carbons (Fsp3) is 0.842. The Labute approximate surface area is 153 Å². The standard InChI is InChI=1S/C19H29O4PS/c1-18-9-7-13(23-25(21,22)24)11-12(18)3-4-14-15-5-6-17(20)19(15,2)10-8-16(14)18/h3,13-16H,4-11,24H2,1-2H3/t13-,14-,15-,16-,18-,19-/m0/s1. The summed E-state index contributed by atoms with van der Waals surface area (Å²) in [5, 5.41) is 0. The molecule has 0 bridgehead atoms. The summed E-state index contributed by atoms with van der Waals surface area (Å²) < 4.78 is 28.2. The molecule has 0 N–H and O–H groups in total. The van der Waals surface area contributed by atoms with Crippen molar-refractivity contribution in [3.05, 3.63) is 11.6 Å². The number of Topliss-reactive ketones (excluding diaryl/α,β-unsaturated/α-hetero) is 1. The number of rotatable bonds is 2. The highest BCUT2D eigenvalue weighted by Crippen LogP contribution is 2.64. The van der Waals surface area contributed by atoms with Crippen LogP contribution in [-0.2, 0) is 18.7 Å². The number of ketones is 1. The molecule has 4 aliphatic carbocycles. The van der Waals surface area contributed by atoms with Crippen LogP contribution in [-0.4, -0.2) is 20.3 Å². The van der Waals surface area contributed by atoms with E-state index >= 15 is 0 Å². The van der Waals surface area contributed by atoms with E-state index in [2.05, 4.69) is 19.9 Å². The zero-order chi connectivity index (χ0) is 18.0. The van der Waals surface area contributed by atoms with E-state index in [1.54, 1.807) is 8.44 Å². The van der Waals surface area contributed by atoms with Crippen LogP contribution in [0, 0.1) is 28.6 Å². The van der Waals surface area contributed by atoms with Gasteiger partial charge in [0.2, 0.25) is 0 Å². The lowest BCUT2D eigenvalue weighted by Crippen LogP contribution is -2.50. The highest BCUT2D eigenvalue weighted by atomic mass is 32.7.